The molecule has 0 unspecified atom stereocenters. The van der Waals surface area contributed by atoms with Gasteiger partial charge in [-0.1, -0.05) is 0 Å². The second-order valence-electron chi connectivity index (χ2n) is 3.43. The number of aryl methyl sites for hydroxylation is 1. The van der Waals surface area contributed by atoms with Crippen molar-refractivity contribution in [1.29, 1.82) is 0 Å². The largest absolute Gasteiger partial charge is 0.461 e. The standard InChI is InChI=1S/C9H11F3N4O3/c1-2-19-8(18)6-7(9(10,11)12)15-16(14-6)4-3-5(13)17/h2-4H2,1H3,(H2,13,17). The molecule has 0 aliphatic heterocycles. The number of halogens is 3. The van der Waals surface area contributed by atoms with Gasteiger partial charge < -0.3 is 10.5 Å². The van der Waals surface area contributed by atoms with Crippen molar-refractivity contribution in [3.05, 3.63) is 11.4 Å². The lowest BCUT2D eigenvalue weighted by molar-refractivity contribution is -0.142. The van der Waals surface area contributed by atoms with E-state index in [2.05, 4.69) is 14.9 Å². The summed E-state index contributed by atoms with van der Waals surface area (Å²) >= 11 is 0. The molecule has 0 fully saturated rings. The van der Waals surface area contributed by atoms with Crippen LogP contribution in [0.2, 0.25) is 0 Å². The molecule has 1 rings (SSSR count). The Morgan fingerprint density at radius 3 is 2.47 bits per heavy atom. The maximum Gasteiger partial charge on any atom is 0.437 e. The highest BCUT2D eigenvalue weighted by atomic mass is 19.4. The van der Waals surface area contributed by atoms with Crippen molar-refractivity contribution in [2.24, 2.45) is 5.73 Å². The van der Waals surface area contributed by atoms with Crippen LogP contribution in [-0.2, 0) is 22.3 Å². The molecule has 0 spiro atoms. The zero-order valence-electron chi connectivity index (χ0n) is 9.90. The van der Waals surface area contributed by atoms with E-state index >= 15 is 0 Å². The molecule has 19 heavy (non-hydrogen) atoms. The number of carbonyl (C=O) groups is 2. The van der Waals surface area contributed by atoms with Crippen molar-refractivity contribution >= 4 is 11.9 Å². The van der Waals surface area contributed by atoms with Crippen LogP contribution in [0.25, 0.3) is 0 Å². The monoisotopic (exact) mass is 280 g/mol. The molecule has 2 N–H and O–H groups in total. The van der Waals surface area contributed by atoms with Crippen LogP contribution in [-0.4, -0.2) is 33.5 Å². The number of nitrogens with two attached hydrogens (primary N) is 1. The van der Waals surface area contributed by atoms with E-state index in [-0.39, 0.29) is 19.6 Å². The van der Waals surface area contributed by atoms with Gasteiger partial charge in [0.15, 0.2) is 0 Å². The van der Waals surface area contributed by atoms with Crippen molar-refractivity contribution in [2.75, 3.05) is 6.61 Å². The normalized spacial score (nSPS) is 11.4. The van der Waals surface area contributed by atoms with Crippen LogP contribution in [0.5, 0.6) is 0 Å². The third-order valence-corrected chi connectivity index (χ3v) is 1.95. The third kappa shape index (κ3) is 3.93. The zero-order chi connectivity index (χ0) is 14.6. The van der Waals surface area contributed by atoms with E-state index < -0.39 is 29.4 Å². The lowest BCUT2D eigenvalue weighted by Gasteiger charge is -2.03. The minimum Gasteiger partial charge on any atom is -0.461 e. The molecule has 0 bridgehead atoms. The molecule has 0 aliphatic carbocycles. The fourth-order valence-corrected chi connectivity index (χ4v) is 1.19. The molecule has 0 atom stereocenters. The van der Waals surface area contributed by atoms with Gasteiger partial charge in [-0.2, -0.15) is 18.0 Å². The Balaban J connectivity index is 3.06. The molecule has 0 saturated carbocycles. The summed E-state index contributed by atoms with van der Waals surface area (Å²) in [6.45, 7) is 1.10. The van der Waals surface area contributed by atoms with Crippen LogP contribution in [0.15, 0.2) is 0 Å². The molecule has 0 aliphatic rings. The molecular weight excluding hydrogens is 269 g/mol. The number of ether oxygens (including phenoxy) is 1. The van der Waals surface area contributed by atoms with Crippen LogP contribution >= 0.6 is 0 Å². The van der Waals surface area contributed by atoms with E-state index in [0.717, 1.165) is 0 Å². The van der Waals surface area contributed by atoms with Gasteiger partial charge in [-0.25, -0.2) is 4.79 Å². The van der Waals surface area contributed by atoms with E-state index in [4.69, 9.17) is 5.73 Å². The first-order valence-corrected chi connectivity index (χ1v) is 5.23. The molecule has 0 saturated heterocycles. The molecule has 10 heteroatoms. The van der Waals surface area contributed by atoms with E-state index in [1.165, 1.54) is 6.92 Å². The van der Waals surface area contributed by atoms with Crippen molar-refractivity contribution < 1.29 is 27.5 Å². The predicted molar refractivity (Wildman–Crippen MR) is 54.8 cm³/mol. The highest BCUT2D eigenvalue weighted by Gasteiger charge is 2.41. The number of esters is 1. The number of hydrogen-bond donors (Lipinski definition) is 1. The van der Waals surface area contributed by atoms with Gasteiger partial charge in [-0.15, -0.1) is 10.2 Å². The lowest BCUT2D eigenvalue weighted by Crippen LogP contribution is -2.15. The Labute approximate surface area is 105 Å². The van der Waals surface area contributed by atoms with Gasteiger partial charge in [-0.3, -0.25) is 4.79 Å². The van der Waals surface area contributed by atoms with Gasteiger partial charge in [0, 0.05) is 6.42 Å². The maximum absolute atomic E-state index is 12.6. The third-order valence-electron chi connectivity index (χ3n) is 1.95. The summed E-state index contributed by atoms with van der Waals surface area (Å²) in [4.78, 5) is 22.5. The zero-order valence-corrected chi connectivity index (χ0v) is 9.90. The van der Waals surface area contributed by atoms with Gasteiger partial charge in [0.25, 0.3) is 0 Å². The second kappa shape index (κ2) is 5.67. The quantitative estimate of drug-likeness (QED) is 0.784. The van der Waals surface area contributed by atoms with E-state index in [9.17, 15) is 22.8 Å². The summed E-state index contributed by atoms with van der Waals surface area (Å²) in [5.41, 5.74) is 2.48. The molecule has 106 valence electrons. The Kier molecular flexibility index (Phi) is 4.46. The lowest BCUT2D eigenvalue weighted by atomic mass is 10.3. The number of amides is 1. The van der Waals surface area contributed by atoms with Crippen LogP contribution in [0.3, 0.4) is 0 Å². The first kappa shape index (κ1) is 14.9. The first-order chi connectivity index (χ1) is 8.75. The Hall–Kier alpha value is -2.13. The summed E-state index contributed by atoms with van der Waals surface area (Å²) in [7, 11) is 0. The average molecular weight is 280 g/mol. The van der Waals surface area contributed by atoms with Gasteiger partial charge >= 0.3 is 12.1 Å². The van der Waals surface area contributed by atoms with Gasteiger partial charge in [0.05, 0.1) is 13.2 Å². The van der Waals surface area contributed by atoms with Crippen molar-refractivity contribution in [3.63, 3.8) is 0 Å². The minimum atomic E-state index is -4.84. The van der Waals surface area contributed by atoms with Crippen LogP contribution < -0.4 is 5.73 Å². The first-order valence-electron chi connectivity index (χ1n) is 5.23. The molecule has 7 nitrogen and oxygen atoms in total. The fraction of sp³-hybridized carbons (Fsp3) is 0.556. The minimum absolute atomic E-state index is 0.0930. The molecule has 1 aromatic heterocycles. The molecule has 1 amide bonds. The molecule has 0 radical (unpaired) electrons. The second-order valence-corrected chi connectivity index (χ2v) is 3.43. The van der Waals surface area contributed by atoms with Gasteiger partial charge in [-0.05, 0) is 6.92 Å². The Bertz CT molecular complexity index is 484. The Morgan fingerprint density at radius 1 is 1.37 bits per heavy atom. The van der Waals surface area contributed by atoms with E-state index in [1.807, 2.05) is 0 Å². The predicted octanol–water partition coefficient (Wildman–Crippen LogP) is 0.349. The fourth-order valence-electron chi connectivity index (χ4n) is 1.19. The smallest absolute Gasteiger partial charge is 0.437 e. The van der Waals surface area contributed by atoms with Gasteiger partial charge in [0.2, 0.25) is 17.3 Å². The summed E-state index contributed by atoms with van der Waals surface area (Å²) in [6, 6.07) is 0. The summed E-state index contributed by atoms with van der Waals surface area (Å²) in [5, 5.41) is 6.50. The highest BCUT2D eigenvalue weighted by Crippen LogP contribution is 2.29. The van der Waals surface area contributed by atoms with Crippen molar-refractivity contribution in [1.82, 2.24) is 15.0 Å². The van der Waals surface area contributed by atoms with Crippen LogP contribution in [0.1, 0.15) is 29.5 Å². The number of rotatable bonds is 5. The van der Waals surface area contributed by atoms with E-state index in [0.29, 0.717) is 4.80 Å². The summed E-state index contributed by atoms with van der Waals surface area (Å²) in [5.74, 6) is -1.94. The van der Waals surface area contributed by atoms with Crippen molar-refractivity contribution in [3.8, 4) is 0 Å². The SMILES string of the molecule is CCOC(=O)c1nn(CCC(N)=O)nc1C(F)(F)F. The number of aromatic nitrogens is 3. The average Bonchev–Trinajstić information content (AvgIpc) is 2.70. The van der Waals surface area contributed by atoms with Crippen LogP contribution in [0.4, 0.5) is 13.2 Å². The van der Waals surface area contributed by atoms with Gasteiger partial charge in [0.1, 0.15) is 0 Å². The summed E-state index contributed by atoms with van der Waals surface area (Å²) < 4.78 is 42.4. The summed E-state index contributed by atoms with van der Waals surface area (Å²) in [6.07, 6.45) is -5.08. The van der Waals surface area contributed by atoms with E-state index in [1.54, 1.807) is 0 Å². The number of primary amides is 1. The maximum atomic E-state index is 12.6. The molecular formula is C9H11F3N4O3. The Morgan fingerprint density at radius 2 is 2.00 bits per heavy atom. The molecule has 0 aromatic carbocycles. The topological polar surface area (TPSA) is 100 Å². The number of carbonyl (C=O) groups excluding carboxylic acids is 2. The van der Waals surface area contributed by atoms with Crippen molar-refractivity contribution in [2.45, 2.75) is 26.1 Å². The molecule has 1 aromatic rings. The molecule has 1 heterocycles. The number of nitrogens with zero attached hydrogens (tertiary/aromatic N) is 3. The van der Waals surface area contributed by atoms with Crippen LogP contribution in [0, 0.1) is 0 Å². The highest BCUT2D eigenvalue weighted by molar-refractivity contribution is 5.88. The number of alkyl halides is 3. The number of hydrogen-bond acceptors (Lipinski definition) is 5.